The van der Waals surface area contributed by atoms with Crippen LogP contribution in [0.5, 0.6) is 0 Å². The van der Waals surface area contributed by atoms with Crippen LogP contribution in [0.15, 0.2) is 72.8 Å². The number of aryl methyl sites for hydroxylation is 1. The van der Waals surface area contributed by atoms with E-state index in [0.717, 1.165) is 12.0 Å². The van der Waals surface area contributed by atoms with E-state index in [2.05, 4.69) is 55.5 Å². The lowest BCUT2D eigenvalue weighted by molar-refractivity contribution is 1.14. The van der Waals surface area contributed by atoms with Crippen LogP contribution in [-0.2, 0) is 6.42 Å². The standard InChI is InChI=1S/C21H17N/c1-2-16-10-13-20(19-11-8-17(15-22)9-12-19)21(14-16)18-6-4-3-5-7-18/h3-14H,2H2,1H3. The van der Waals surface area contributed by atoms with Gasteiger partial charge in [-0.1, -0.05) is 67.6 Å². The van der Waals surface area contributed by atoms with Crippen LogP contribution in [0.3, 0.4) is 0 Å². The highest BCUT2D eigenvalue weighted by atomic mass is 14.2. The van der Waals surface area contributed by atoms with Crippen molar-refractivity contribution in [2.24, 2.45) is 0 Å². The summed E-state index contributed by atoms with van der Waals surface area (Å²) in [7, 11) is 0. The fraction of sp³-hybridized carbons (Fsp3) is 0.0952. The zero-order valence-electron chi connectivity index (χ0n) is 12.6. The van der Waals surface area contributed by atoms with E-state index in [1.54, 1.807) is 0 Å². The summed E-state index contributed by atoms with van der Waals surface area (Å²) in [4.78, 5) is 0. The summed E-state index contributed by atoms with van der Waals surface area (Å²) in [5.74, 6) is 0. The Morgan fingerprint density at radius 3 is 2.09 bits per heavy atom. The molecule has 0 heterocycles. The molecule has 0 amide bonds. The Morgan fingerprint density at radius 1 is 0.773 bits per heavy atom. The van der Waals surface area contributed by atoms with Gasteiger partial charge in [0.15, 0.2) is 0 Å². The molecule has 0 fully saturated rings. The molecule has 0 unspecified atom stereocenters. The van der Waals surface area contributed by atoms with Crippen molar-refractivity contribution in [1.82, 2.24) is 0 Å². The van der Waals surface area contributed by atoms with E-state index in [4.69, 9.17) is 5.26 Å². The Bertz CT molecular complexity index is 809. The van der Waals surface area contributed by atoms with Crippen LogP contribution in [-0.4, -0.2) is 0 Å². The van der Waals surface area contributed by atoms with Gasteiger partial charge >= 0.3 is 0 Å². The molecule has 0 aromatic heterocycles. The minimum Gasteiger partial charge on any atom is -0.192 e. The second kappa shape index (κ2) is 6.28. The van der Waals surface area contributed by atoms with Gasteiger partial charge in [0, 0.05) is 0 Å². The predicted octanol–water partition coefficient (Wildman–Crippen LogP) is 5.45. The molecule has 106 valence electrons. The van der Waals surface area contributed by atoms with Crippen LogP contribution < -0.4 is 0 Å². The quantitative estimate of drug-likeness (QED) is 0.626. The van der Waals surface area contributed by atoms with Gasteiger partial charge in [-0.25, -0.2) is 0 Å². The molecule has 0 spiro atoms. The summed E-state index contributed by atoms with van der Waals surface area (Å²) in [6.45, 7) is 2.17. The molecular formula is C21H17N. The van der Waals surface area contributed by atoms with Crippen molar-refractivity contribution in [1.29, 1.82) is 5.26 Å². The highest BCUT2D eigenvalue weighted by molar-refractivity contribution is 5.84. The van der Waals surface area contributed by atoms with E-state index in [9.17, 15) is 0 Å². The smallest absolute Gasteiger partial charge is 0.0991 e. The molecule has 0 aliphatic carbocycles. The highest BCUT2D eigenvalue weighted by Crippen LogP contribution is 2.33. The number of rotatable bonds is 3. The van der Waals surface area contributed by atoms with Gasteiger partial charge < -0.3 is 0 Å². The molecule has 22 heavy (non-hydrogen) atoms. The lowest BCUT2D eigenvalue weighted by Gasteiger charge is -2.12. The molecule has 0 aliphatic heterocycles. The van der Waals surface area contributed by atoms with Gasteiger partial charge in [-0.3, -0.25) is 0 Å². The second-order valence-electron chi connectivity index (χ2n) is 5.29. The Morgan fingerprint density at radius 2 is 1.45 bits per heavy atom. The summed E-state index contributed by atoms with van der Waals surface area (Å²) < 4.78 is 0. The molecule has 1 heteroatoms. The first-order valence-electron chi connectivity index (χ1n) is 7.50. The predicted molar refractivity (Wildman–Crippen MR) is 91.4 cm³/mol. The zero-order valence-corrected chi connectivity index (χ0v) is 12.6. The minimum atomic E-state index is 0.690. The summed E-state index contributed by atoms with van der Waals surface area (Å²) in [6.07, 6.45) is 1.02. The van der Waals surface area contributed by atoms with Crippen LogP contribution >= 0.6 is 0 Å². The van der Waals surface area contributed by atoms with Gasteiger partial charge in [0.1, 0.15) is 0 Å². The van der Waals surface area contributed by atoms with Gasteiger partial charge in [0.25, 0.3) is 0 Å². The first kappa shape index (κ1) is 14.1. The van der Waals surface area contributed by atoms with E-state index in [-0.39, 0.29) is 0 Å². The van der Waals surface area contributed by atoms with Gasteiger partial charge in [-0.15, -0.1) is 0 Å². The number of hydrogen-bond donors (Lipinski definition) is 0. The summed E-state index contributed by atoms with van der Waals surface area (Å²) in [5, 5.41) is 8.95. The average molecular weight is 283 g/mol. The van der Waals surface area contributed by atoms with Crippen molar-refractivity contribution < 1.29 is 0 Å². The molecule has 1 nitrogen and oxygen atoms in total. The Hall–Kier alpha value is -2.85. The van der Waals surface area contributed by atoms with Crippen molar-refractivity contribution in [3.05, 3.63) is 83.9 Å². The van der Waals surface area contributed by atoms with Crippen LogP contribution in [0.4, 0.5) is 0 Å². The topological polar surface area (TPSA) is 23.8 Å². The average Bonchev–Trinajstić information content (AvgIpc) is 2.62. The van der Waals surface area contributed by atoms with Crippen molar-refractivity contribution in [2.75, 3.05) is 0 Å². The monoisotopic (exact) mass is 283 g/mol. The SMILES string of the molecule is CCc1ccc(-c2ccc(C#N)cc2)c(-c2ccccc2)c1. The summed E-state index contributed by atoms with van der Waals surface area (Å²) in [5.41, 5.74) is 6.82. The molecule has 0 atom stereocenters. The summed E-state index contributed by atoms with van der Waals surface area (Å²) >= 11 is 0. The van der Waals surface area contributed by atoms with Crippen molar-refractivity contribution in [3.8, 4) is 28.3 Å². The molecule has 3 aromatic carbocycles. The lowest BCUT2D eigenvalue weighted by Crippen LogP contribution is -1.89. The lowest BCUT2D eigenvalue weighted by atomic mass is 9.92. The zero-order chi connectivity index (χ0) is 15.4. The van der Waals surface area contributed by atoms with Crippen molar-refractivity contribution in [2.45, 2.75) is 13.3 Å². The molecule has 0 aliphatic rings. The minimum absolute atomic E-state index is 0.690. The Labute approximate surface area is 131 Å². The van der Waals surface area contributed by atoms with Gasteiger partial charge in [-0.05, 0) is 46.4 Å². The van der Waals surface area contributed by atoms with Crippen LogP contribution in [0.1, 0.15) is 18.1 Å². The van der Waals surface area contributed by atoms with Gasteiger partial charge in [0.05, 0.1) is 11.6 Å². The fourth-order valence-corrected chi connectivity index (χ4v) is 2.64. The number of nitriles is 1. The largest absolute Gasteiger partial charge is 0.192 e. The van der Waals surface area contributed by atoms with Crippen LogP contribution in [0.2, 0.25) is 0 Å². The van der Waals surface area contributed by atoms with Crippen molar-refractivity contribution in [3.63, 3.8) is 0 Å². The maximum Gasteiger partial charge on any atom is 0.0991 e. The third-order valence-corrected chi connectivity index (χ3v) is 3.90. The maximum atomic E-state index is 8.95. The molecule has 0 N–H and O–H groups in total. The number of benzene rings is 3. The Kier molecular flexibility index (Phi) is 4.03. The van der Waals surface area contributed by atoms with E-state index in [0.29, 0.717) is 5.56 Å². The third-order valence-electron chi connectivity index (χ3n) is 3.90. The number of nitrogens with zero attached hydrogens (tertiary/aromatic N) is 1. The molecular weight excluding hydrogens is 266 g/mol. The van der Waals surface area contributed by atoms with E-state index in [1.807, 2.05) is 30.3 Å². The third kappa shape index (κ3) is 2.77. The summed E-state index contributed by atoms with van der Waals surface area (Å²) in [6, 6.07) is 27.0. The van der Waals surface area contributed by atoms with Crippen LogP contribution in [0.25, 0.3) is 22.3 Å². The Balaban J connectivity index is 2.16. The highest BCUT2D eigenvalue weighted by Gasteiger charge is 2.08. The maximum absolute atomic E-state index is 8.95. The molecule has 0 saturated carbocycles. The van der Waals surface area contributed by atoms with E-state index in [1.165, 1.54) is 22.3 Å². The first-order chi connectivity index (χ1) is 10.8. The first-order valence-corrected chi connectivity index (χ1v) is 7.50. The molecule has 3 aromatic rings. The van der Waals surface area contributed by atoms with Crippen LogP contribution in [0, 0.1) is 11.3 Å². The van der Waals surface area contributed by atoms with E-state index < -0.39 is 0 Å². The molecule has 0 saturated heterocycles. The van der Waals surface area contributed by atoms with Gasteiger partial charge in [-0.2, -0.15) is 5.26 Å². The van der Waals surface area contributed by atoms with Crippen molar-refractivity contribution >= 4 is 0 Å². The normalized spacial score (nSPS) is 10.2. The number of hydrogen-bond acceptors (Lipinski definition) is 1. The fourth-order valence-electron chi connectivity index (χ4n) is 2.64. The second-order valence-corrected chi connectivity index (χ2v) is 5.29. The van der Waals surface area contributed by atoms with E-state index >= 15 is 0 Å². The molecule has 0 bridgehead atoms. The molecule has 0 radical (unpaired) electrons. The molecule has 3 rings (SSSR count). The van der Waals surface area contributed by atoms with Gasteiger partial charge in [0.2, 0.25) is 0 Å².